The van der Waals surface area contributed by atoms with Gasteiger partial charge in [0.15, 0.2) is 5.82 Å². The monoisotopic (exact) mass is 228 g/mol. The summed E-state index contributed by atoms with van der Waals surface area (Å²) in [6.45, 7) is 4.31. The van der Waals surface area contributed by atoms with Gasteiger partial charge in [-0.1, -0.05) is 32.0 Å². The van der Waals surface area contributed by atoms with Crippen molar-refractivity contribution in [3.63, 3.8) is 0 Å². The van der Waals surface area contributed by atoms with Crippen LogP contribution in [0.25, 0.3) is 0 Å². The Balaban J connectivity index is 2.34. The highest BCUT2D eigenvalue weighted by Crippen LogP contribution is 2.27. The van der Waals surface area contributed by atoms with E-state index >= 15 is 0 Å². The fraction of sp³-hybridized carbons (Fsp3) is 0.231. The summed E-state index contributed by atoms with van der Waals surface area (Å²) in [5.74, 6) is 1.09. The third-order valence-electron chi connectivity index (χ3n) is 2.58. The van der Waals surface area contributed by atoms with E-state index in [0.717, 1.165) is 5.69 Å². The average Bonchev–Trinajstić information content (AvgIpc) is 2.32. The normalized spacial score (nSPS) is 10.5. The van der Waals surface area contributed by atoms with Crippen LogP contribution < -0.4 is 11.1 Å². The van der Waals surface area contributed by atoms with E-state index in [9.17, 15) is 0 Å². The summed E-state index contributed by atoms with van der Waals surface area (Å²) in [6.07, 6.45) is 3.07. The fourth-order valence-electron chi connectivity index (χ4n) is 1.69. The highest BCUT2D eigenvalue weighted by atomic mass is 15.0. The lowest BCUT2D eigenvalue weighted by Crippen LogP contribution is -2.02. The quantitative estimate of drug-likeness (QED) is 0.847. The highest BCUT2D eigenvalue weighted by Gasteiger charge is 2.07. The lowest BCUT2D eigenvalue weighted by Gasteiger charge is -2.14. The highest BCUT2D eigenvalue weighted by molar-refractivity contribution is 5.69. The second-order valence-corrected chi connectivity index (χ2v) is 4.19. The predicted molar refractivity (Wildman–Crippen MR) is 70.3 cm³/mol. The molecule has 0 saturated carbocycles. The summed E-state index contributed by atoms with van der Waals surface area (Å²) in [7, 11) is 0. The zero-order valence-corrected chi connectivity index (χ0v) is 10.0. The van der Waals surface area contributed by atoms with Gasteiger partial charge in [0.2, 0.25) is 0 Å². The number of nitrogens with one attached hydrogen (secondary N) is 1. The van der Waals surface area contributed by atoms with Crippen molar-refractivity contribution in [3.8, 4) is 0 Å². The molecule has 2 rings (SSSR count). The molecule has 0 aliphatic rings. The molecule has 4 nitrogen and oxygen atoms in total. The number of hydrogen-bond acceptors (Lipinski definition) is 4. The van der Waals surface area contributed by atoms with Crippen molar-refractivity contribution in [2.45, 2.75) is 19.8 Å². The lowest BCUT2D eigenvalue weighted by atomic mass is 10.0. The van der Waals surface area contributed by atoms with Crippen molar-refractivity contribution in [1.82, 2.24) is 9.97 Å². The number of nitrogen functional groups attached to an aromatic ring is 1. The van der Waals surface area contributed by atoms with Crippen LogP contribution in [0.2, 0.25) is 0 Å². The Kier molecular flexibility index (Phi) is 3.23. The number of aromatic nitrogens is 2. The largest absolute Gasteiger partial charge is 0.394 e. The van der Waals surface area contributed by atoms with E-state index in [1.54, 1.807) is 6.20 Å². The molecule has 4 heteroatoms. The Morgan fingerprint density at radius 3 is 2.71 bits per heavy atom. The van der Waals surface area contributed by atoms with Gasteiger partial charge in [-0.3, -0.25) is 0 Å². The van der Waals surface area contributed by atoms with Crippen molar-refractivity contribution in [2.24, 2.45) is 0 Å². The van der Waals surface area contributed by atoms with Crippen LogP contribution in [-0.4, -0.2) is 9.97 Å². The first-order valence-electron chi connectivity index (χ1n) is 5.60. The van der Waals surface area contributed by atoms with Crippen LogP contribution in [0.1, 0.15) is 25.3 Å². The van der Waals surface area contributed by atoms with Gasteiger partial charge in [0.25, 0.3) is 0 Å². The molecule has 17 heavy (non-hydrogen) atoms. The third kappa shape index (κ3) is 2.53. The van der Waals surface area contributed by atoms with E-state index in [2.05, 4.69) is 35.2 Å². The molecule has 1 aromatic carbocycles. The number of benzene rings is 1. The molecule has 3 N–H and O–H groups in total. The van der Waals surface area contributed by atoms with Crippen molar-refractivity contribution >= 4 is 17.2 Å². The van der Waals surface area contributed by atoms with E-state index in [1.807, 2.05) is 18.2 Å². The van der Waals surface area contributed by atoms with Gasteiger partial charge < -0.3 is 11.1 Å². The number of rotatable bonds is 3. The molecule has 88 valence electrons. The average molecular weight is 228 g/mol. The molecular weight excluding hydrogens is 212 g/mol. The summed E-state index contributed by atoms with van der Waals surface area (Å²) < 4.78 is 0. The Morgan fingerprint density at radius 1 is 1.24 bits per heavy atom. The van der Waals surface area contributed by atoms with Crippen LogP contribution in [0.5, 0.6) is 0 Å². The Hall–Kier alpha value is -2.10. The molecular formula is C13H16N4. The first kappa shape index (κ1) is 11.4. The van der Waals surface area contributed by atoms with Crippen LogP contribution in [-0.2, 0) is 0 Å². The summed E-state index contributed by atoms with van der Waals surface area (Å²) in [5, 5.41) is 3.25. The van der Waals surface area contributed by atoms with Gasteiger partial charge in [0.1, 0.15) is 6.33 Å². The van der Waals surface area contributed by atoms with E-state index in [1.165, 1.54) is 11.9 Å². The van der Waals surface area contributed by atoms with Gasteiger partial charge in [-0.2, -0.15) is 0 Å². The van der Waals surface area contributed by atoms with Crippen LogP contribution in [0.4, 0.5) is 17.2 Å². The molecule has 1 aromatic heterocycles. The Labute approximate surface area is 101 Å². The van der Waals surface area contributed by atoms with Gasteiger partial charge in [-0.15, -0.1) is 0 Å². The first-order valence-corrected chi connectivity index (χ1v) is 5.60. The molecule has 0 bridgehead atoms. The number of anilines is 3. The topological polar surface area (TPSA) is 63.8 Å². The van der Waals surface area contributed by atoms with Crippen molar-refractivity contribution in [1.29, 1.82) is 0 Å². The van der Waals surface area contributed by atoms with Gasteiger partial charge in [-0.25, -0.2) is 9.97 Å². The minimum absolute atomic E-state index is 0.446. The fourth-order valence-corrected chi connectivity index (χ4v) is 1.69. The number of hydrogen-bond donors (Lipinski definition) is 2. The van der Waals surface area contributed by atoms with Crippen LogP contribution in [0, 0.1) is 0 Å². The second kappa shape index (κ2) is 4.82. The summed E-state index contributed by atoms with van der Waals surface area (Å²) in [4.78, 5) is 7.99. The number of nitrogens with two attached hydrogens (primary N) is 1. The molecule has 0 fully saturated rings. The SMILES string of the molecule is CC(C)c1ccccc1Nc1ncncc1N. The van der Waals surface area contributed by atoms with Crippen molar-refractivity contribution in [3.05, 3.63) is 42.4 Å². The molecule has 0 unspecified atom stereocenters. The van der Waals surface area contributed by atoms with Gasteiger partial charge >= 0.3 is 0 Å². The van der Waals surface area contributed by atoms with E-state index in [0.29, 0.717) is 17.4 Å². The van der Waals surface area contributed by atoms with Crippen molar-refractivity contribution < 1.29 is 0 Å². The summed E-state index contributed by atoms with van der Waals surface area (Å²) >= 11 is 0. The maximum absolute atomic E-state index is 5.81. The molecule has 0 spiro atoms. The van der Waals surface area contributed by atoms with Crippen LogP contribution >= 0.6 is 0 Å². The molecule has 0 radical (unpaired) electrons. The number of nitrogens with zero attached hydrogens (tertiary/aromatic N) is 2. The molecule has 0 aliphatic heterocycles. The maximum atomic E-state index is 5.81. The lowest BCUT2D eigenvalue weighted by molar-refractivity contribution is 0.869. The summed E-state index contributed by atoms with van der Waals surface area (Å²) in [6, 6.07) is 8.15. The Bertz CT molecular complexity index is 508. The molecule has 2 aromatic rings. The van der Waals surface area contributed by atoms with Gasteiger partial charge in [0, 0.05) is 5.69 Å². The van der Waals surface area contributed by atoms with Crippen LogP contribution in [0.15, 0.2) is 36.8 Å². The predicted octanol–water partition coefficient (Wildman–Crippen LogP) is 2.93. The second-order valence-electron chi connectivity index (χ2n) is 4.19. The van der Waals surface area contributed by atoms with E-state index in [-0.39, 0.29) is 0 Å². The molecule has 0 atom stereocenters. The van der Waals surface area contributed by atoms with Gasteiger partial charge in [-0.05, 0) is 17.5 Å². The minimum Gasteiger partial charge on any atom is -0.394 e. The zero-order chi connectivity index (χ0) is 12.3. The third-order valence-corrected chi connectivity index (χ3v) is 2.58. The first-order chi connectivity index (χ1) is 8.18. The minimum atomic E-state index is 0.446. The summed E-state index contributed by atoms with van der Waals surface area (Å²) in [5.41, 5.74) is 8.63. The Morgan fingerprint density at radius 2 is 2.00 bits per heavy atom. The van der Waals surface area contributed by atoms with Crippen LogP contribution in [0.3, 0.4) is 0 Å². The molecule has 0 saturated heterocycles. The standard InChI is InChI=1S/C13H16N4/c1-9(2)10-5-3-4-6-12(10)17-13-11(14)7-15-8-16-13/h3-9H,14H2,1-2H3,(H,15,16,17). The molecule has 0 aliphatic carbocycles. The number of para-hydroxylation sites is 1. The maximum Gasteiger partial charge on any atom is 0.157 e. The van der Waals surface area contributed by atoms with Gasteiger partial charge in [0.05, 0.1) is 11.9 Å². The molecule has 0 amide bonds. The smallest absolute Gasteiger partial charge is 0.157 e. The molecule has 1 heterocycles. The van der Waals surface area contributed by atoms with E-state index in [4.69, 9.17) is 5.73 Å². The van der Waals surface area contributed by atoms with Crippen molar-refractivity contribution in [2.75, 3.05) is 11.1 Å². The van der Waals surface area contributed by atoms with E-state index < -0.39 is 0 Å². The zero-order valence-electron chi connectivity index (χ0n) is 10.0.